The fraction of sp³-hybridized carbons (Fsp3) is 0.0435. The summed E-state index contributed by atoms with van der Waals surface area (Å²) in [5, 5.41) is 7.15. The molecule has 0 N–H and O–H groups in total. The summed E-state index contributed by atoms with van der Waals surface area (Å²) in [6.07, 6.45) is 0. The van der Waals surface area contributed by atoms with Gasteiger partial charge in [-0.3, -0.25) is 0 Å². The van der Waals surface area contributed by atoms with Crippen LogP contribution in [0.15, 0.2) is 243 Å². The number of fused-ring (bicyclic) bond motifs is 10. The van der Waals surface area contributed by atoms with Crippen molar-refractivity contribution in [2.75, 3.05) is 9.80 Å². The van der Waals surface area contributed by atoms with E-state index in [9.17, 15) is 0 Å². The Morgan fingerprint density at radius 1 is 0.301 bits per heavy atom. The molecule has 0 spiro atoms. The van der Waals surface area contributed by atoms with E-state index in [-0.39, 0.29) is 5.41 Å². The quantitative estimate of drug-likeness (QED) is 0.161. The second-order valence-electron chi connectivity index (χ2n) is 20.0. The van der Waals surface area contributed by atoms with Crippen molar-refractivity contribution < 1.29 is 9.47 Å². The Kier molecular flexibility index (Phi) is 8.97. The fourth-order valence-electron chi connectivity index (χ4n) is 12.2. The van der Waals surface area contributed by atoms with Gasteiger partial charge in [-0.25, -0.2) is 0 Å². The lowest BCUT2D eigenvalue weighted by Gasteiger charge is -2.33. The number of para-hydroxylation sites is 8. The molecule has 0 amide bonds. The summed E-state index contributed by atoms with van der Waals surface area (Å²) in [6.45, 7) is 4.75. The van der Waals surface area contributed by atoms with Crippen molar-refractivity contribution in [3.63, 3.8) is 0 Å². The average Bonchev–Trinajstić information content (AvgIpc) is 3.67. The van der Waals surface area contributed by atoms with Crippen LogP contribution in [0.2, 0.25) is 0 Å². The van der Waals surface area contributed by atoms with E-state index in [0.29, 0.717) is 0 Å². The van der Waals surface area contributed by atoms with E-state index in [1.165, 1.54) is 77.0 Å². The zero-order chi connectivity index (χ0) is 48.4. The standard InChI is InChI=1S/C69H46N2O2/c1-69(2)57-21-6-5-19-51(57)52-37-34-46(40-58(52)69)68-54-39-36-47(70-59-22-7-11-26-63(59)72-64-27-12-8-23-60(64)70)41-55(54)67(45-32-30-44(31-33-45)50-20-15-17-43-16-3-4-18-49(43)50)53-38-35-48(42-56(53)68)71-61-24-9-13-28-65(61)73-66-29-14-10-25-62(66)71/h3-42H,1-2H3. The Balaban J connectivity index is 1.03. The van der Waals surface area contributed by atoms with E-state index >= 15 is 0 Å². The second kappa shape index (κ2) is 15.8. The summed E-state index contributed by atoms with van der Waals surface area (Å²) < 4.78 is 13.1. The first-order chi connectivity index (χ1) is 36.0. The van der Waals surface area contributed by atoms with E-state index in [0.717, 1.165) is 68.1 Å². The molecule has 12 aromatic rings. The molecule has 0 radical (unpaired) electrons. The van der Waals surface area contributed by atoms with Crippen LogP contribution >= 0.6 is 0 Å². The molecule has 4 heteroatoms. The van der Waals surface area contributed by atoms with Gasteiger partial charge in [-0.05, 0) is 167 Å². The van der Waals surface area contributed by atoms with Crippen molar-refractivity contribution in [1.82, 2.24) is 0 Å². The van der Waals surface area contributed by atoms with Crippen molar-refractivity contribution in [3.8, 4) is 67.5 Å². The summed E-state index contributed by atoms with van der Waals surface area (Å²) in [5.74, 6) is 3.30. The van der Waals surface area contributed by atoms with Crippen molar-refractivity contribution in [1.29, 1.82) is 0 Å². The van der Waals surface area contributed by atoms with Gasteiger partial charge in [0.15, 0.2) is 23.0 Å². The van der Waals surface area contributed by atoms with Gasteiger partial charge in [0.05, 0.1) is 22.7 Å². The van der Waals surface area contributed by atoms with Crippen LogP contribution in [0.1, 0.15) is 25.0 Å². The van der Waals surface area contributed by atoms with E-state index in [1.54, 1.807) is 0 Å². The smallest absolute Gasteiger partial charge is 0.151 e. The molecule has 0 atom stereocenters. The molecule has 12 aromatic carbocycles. The van der Waals surface area contributed by atoms with Gasteiger partial charge in [-0.1, -0.05) is 178 Å². The number of rotatable bonds is 5. The molecule has 4 nitrogen and oxygen atoms in total. The lowest BCUT2D eigenvalue weighted by atomic mass is 9.80. The highest BCUT2D eigenvalue weighted by atomic mass is 16.5. The monoisotopic (exact) mass is 934 g/mol. The number of nitrogens with zero attached hydrogens (tertiary/aromatic N) is 2. The first-order valence-electron chi connectivity index (χ1n) is 25.2. The Bertz CT molecular complexity index is 4170. The van der Waals surface area contributed by atoms with Crippen molar-refractivity contribution in [3.05, 3.63) is 254 Å². The highest BCUT2D eigenvalue weighted by Crippen LogP contribution is 2.56. The summed E-state index contributed by atoms with van der Waals surface area (Å²) >= 11 is 0. The largest absolute Gasteiger partial charge is 0.453 e. The zero-order valence-corrected chi connectivity index (χ0v) is 40.3. The Hall–Kier alpha value is -9.38. The van der Waals surface area contributed by atoms with Crippen LogP contribution in [0, 0.1) is 0 Å². The number of benzene rings is 12. The summed E-state index contributed by atoms with van der Waals surface area (Å²) in [7, 11) is 0. The lowest BCUT2D eigenvalue weighted by molar-refractivity contribution is 0.477. The van der Waals surface area contributed by atoms with Gasteiger partial charge >= 0.3 is 0 Å². The highest BCUT2D eigenvalue weighted by Gasteiger charge is 2.36. The van der Waals surface area contributed by atoms with Crippen LogP contribution < -0.4 is 19.3 Å². The average molecular weight is 935 g/mol. The Morgan fingerprint density at radius 2 is 0.740 bits per heavy atom. The molecule has 0 saturated carbocycles. The molecule has 0 fully saturated rings. The number of anilines is 6. The maximum atomic E-state index is 6.55. The zero-order valence-electron chi connectivity index (χ0n) is 40.3. The maximum absolute atomic E-state index is 6.55. The number of hydrogen-bond donors (Lipinski definition) is 0. The van der Waals surface area contributed by atoms with Crippen molar-refractivity contribution >= 4 is 66.4 Å². The van der Waals surface area contributed by atoms with Crippen LogP contribution in [-0.4, -0.2) is 0 Å². The van der Waals surface area contributed by atoms with Gasteiger partial charge in [0.1, 0.15) is 0 Å². The molecule has 0 saturated heterocycles. The molecule has 15 rings (SSSR count). The van der Waals surface area contributed by atoms with Crippen LogP contribution in [0.25, 0.3) is 76.8 Å². The fourth-order valence-corrected chi connectivity index (χ4v) is 12.2. The minimum atomic E-state index is -0.185. The van der Waals surface area contributed by atoms with Crippen LogP contribution in [0.4, 0.5) is 34.1 Å². The number of ether oxygens (including phenoxy) is 2. The third-order valence-corrected chi connectivity index (χ3v) is 15.6. The molecule has 0 bridgehead atoms. The van der Waals surface area contributed by atoms with E-state index < -0.39 is 0 Å². The second-order valence-corrected chi connectivity index (χ2v) is 20.0. The van der Waals surface area contributed by atoms with Crippen LogP contribution in [-0.2, 0) is 5.41 Å². The predicted molar refractivity (Wildman–Crippen MR) is 302 cm³/mol. The molecule has 0 aromatic heterocycles. The normalized spacial score (nSPS) is 13.6. The van der Waals surface area contributed by atoms with Gasteiger partial charge in [-0.15, -0.1) is 0 Å². The predicted octanol–water partition coefficient (Wildman–Crippen LogP) is 19.6. The van der Waals surface area contributed by atoms with Gasteiger partial charge < -0.3 is 19.3 Å². The first-order valence-corrected chi connectivity index (χ1v) is 25.2. The minimum Gasteiger partial charge on any atom is -0.453 e. The Labute approximate surface area is 424 Å². The van der Waals surface area contributed by atoms with E-state index in [4.69, 9.17) is 9.47 Å². The third-order valence-electron chi connectivity index (χ3n) is 15.6. The van der Waals surface area contributed by atoms with Crippen molar-refractivity contribution in [2.24, 2.45) is 0 Å². The maximum Gasteiger partial charge on any atom is 0.151 e. The lowest BCUT2D eigenvalue weighted by Crippen LogP contribution is -2.16. The van der Waals surface area contributed by atoms with Crippen LogP contribution in [0.5, 0.6) is 23.0 Å². The van der Waals surface area contributed by atoms with Gasteiger partial charge in [0.25, 0.3) is 0 Å². The summed E-state index contributed by atoms with van der Waals surface area (Å²) in [4.78, 5) is 4.72. The highest BCUT2D eigenvalue weighted by molar-refractivity contribution is 6.23. The molecule has 2 aliphatic heterocycles. The molecule has 2 heterocycles. The molecule has 1 aliphatic carbocycles. The molecule has 0 unspecified atom stereocenters. The molecule has 3 aliphatic rings. The van der Waals surface area contributed by atoms with Crippen LogP contribution in [0.3, 0.4) is 0 Å². The summed E-state index contributed by atoms with van der Waals surface area (Å²) in [5.41, 5.74) is 18.3. The molecular formula is C69H46N2O2. The third kappa shape index (κ3) is 6.27. The molecular weight excluding hydrogens is 889 g/mol. The Morgan fingerprint density at radius 3 is 1.33 bits per heavy atom. The van der Waals surface area contributed by atoms with Gasteiger partial charge in [0, 0.05) is 16.8 Å². The van der Waals surface area contributed by atoms with E-state index in [2.05, 4.69) is 242 Å². The number of hydrogen-bond acceptors (Lipinski definition) is 4. The SMILES string of the molecule is CC1(C)c2ccccc2-c2ccc(-c3c4ccc(N5c6ccccc6Oc6ccccc65)cc4c(-c4ccc(-c5cccc6ccccc56)cc4)c4ccc(N5c6ccccc6Oc6ccccc65)cc34)cc21. The summed E-state index contributed by atoms with van der Waals surface area (Å²) in [6, 6.07) is 88.2. The minimum absolute atomic E-state index is 0.185. The van der Waals surface area contributed by atoms with Gasteiger partial charge in [0.2, 0.25) is 0 Å². The molecule has 73 heavy (non-hydrogen) atoms. The van der Waals surface area contributed by atoms with Gasteiger partial charge in [-0.2, -0.15) is 0 Å². The molecule has 344 valence electrons. The topological polar surface area (TPSA) is 24.9 Å². The van der Waals surface area contributed by atoms with E-state index in [1.807, 2.05) is 24.3 Å². The van der Waals surface area contributed by atoms with Crippen molar-refractivity contribution in [2.45, 2.75) is 19.3 Å². The first kappa shape index (κ1) is 41.4.